The van der Waals surface area contributed by atoms with Crippen LogP contribution in [0.25, 0.3) is 16.9 Å². The molecule has 1 amide bonds. The van der Waals surface area contributed by atoms with Gasteiger partial charge in [-0.25, -0.2) is 9.50 Å². The van der Waals surface area contributed by atoms with E-state index in [9.17, 15) is 13.6 Å². The largest absolute Gasteiger partial charge is 0.435 e. The van der Waals surface area contributed by atoms with Gasteiger partial charge in [0, 0.05) is 35.8 Å². The number of benzene rings is 1. The van der Waals surface area contributed by atoms with E-state index in [1.807, 2.05) is 24.6 Å². The molecule has 0 saturated carbocycles. The third-order valence-electron chi connectivity index (χ3n) is 4.94. The molecule has 160 valence electrons. The predicted octanol–water partition coefficient (Wildman–Crippen LogP) is 4.08. The Kier molecular flexibility index (Phi) is 5.37. The Bertz CT molecular complexity index is 1260. The zero-order valence-electron chi connectivity index (χ0n) is 17.1. The molecule has 8 nitrogen and oxygen atoms in total. The van der Waals surface area contributed by atoms with E-state index in [1.54, 1.807) is 29.9 Å². The van der Waals surface area contributed by atoms with E-state index in [2.05, 4.69) is 25.2 Å². The van der Waals surface area contributed by atoms with Crippen LogP contribution in [0.5, 0.6) is 5.75 Å². The van der Waals surface area contributed by atoms with Gasteiger partial charge >= 0.3 is 6.61 Å². The van der Waals surface area contributed by atoms with Crippen molar-refractivity contribution < 1.29 is 18.3 Å². The average Bonchev–Trinajstić information content (AvgIpc) is 3.32. The molecule has 3 heterocycles. The fraction of sp³-hybridized carbons (Fsp3) is 0.238. The first-order valence-corrected chi connectivity index (χ1v) is 9.61. The molecule has 0 bridgehead atoms. The molecule has 0 fully saturated rings. The molecule has 0 saturated heterocycles. The maximum atomic E-state index is 12.8. The molecule has 0 atom stereocenters. The summed E-state index contributed by atoms with van der Waals surface area (Å²) in [6.07, 6.45) is 3.42. The molecular weight excluding hydrogens is 406 g/mol. The van der Waals surface area contributed by atoms with Crippen molar-refractivity contribution in [2.75, 3.05) is 5.32 Å². The lowest BCUT2D eigenvalue weighted by atomic mass is 10.2. The lowest BCUT2D eigenvalue weighted by Crippen LogP contribution is -2.14. The van der Waals surface area contributed by atoms with Gasteiger partial charge in [0.25, 0.3) is 5.91 Å². The molecule has 0 aliphatic heterocycles. The fourth-order valence-corrected chi connectivity index (χ4v) is 3.37. The van der Waals surface area contributed by atoms with Gasteiger partial charge in [0.05, 0.1) is 11.9 Å². The maximum Gasteiger partial charge on any atom is 0.387 e. The smallest absolute Gasteiger partial charge is 0.387 e. The van der Waals surface area contributed by atoms with Crippen molar-refractivity contribution in [3.8, 4) is 17.0 Å². The maximum absolute atomic E-state index is 12.8. The molecule has 1 N–H and O–H groups in total. The van der Waals surface area contributed by atoms with Crippen LogP contribution < -0.4 is 10.1 Å². The molecule has 4 rings (SSSR count). The highest BCUT2D eigenvalue weighted by Crippen LogP contribution is 2.25. The summed E-state index contributed by atoms with van der Waals surface area (Å²) in [6.45, 7) is 3.50. The van der Waals surface area contributed by atoms with Gasteiger partial charge in [0.1, 0.15) is 5.75 Å². The highest BCUT2D eigenvalue weighted by atomic mass is 19.3. The first-order valence-electron chi connectivity index (χ1n) is 9.61. The number of aromatic nitrogens is 5. The van der Waals surface area contributed by atoms with Crippen molar-refractivity contribution in [2.24, 2.45) is 0 Å². The number of aryl methyl sites for hydroxylation is 2. The second-order valence-corrected chi connectivity index (χ2v) is 6.90. The Morgan fingerprint density at radius 1 is 1.23 bits per heavy atom. The van der Waals surface area contributed by atoms with E-state index in [-0.39, 0.29) is 11.4 Å². The van der Waals surface area contributed by atoms with Gasteiger partial charge in [-0.3, -0.25) is 9.48 Å². The molecule has 3 aromatic heterocycles. The second-order valence-electron chi connectivity index (χ2n) is 6.90. The van der Waals surface area contributed by atoms with Gasteiger partial charge in [-0.15, -0.1) is 0 Å². The normalized spacial score (nSPS) is 11.3. The minimum Gasteiger partial charge on any atom is -0.435 e. The average molecular weight is 426 g/mol. The van der Waals surface area contributed by atoms with Gasteiger partial charge in [0.15, 0.2) is 11.3 Å². The standard InChI is InChI=1S/C21H20F2N6O2/c1-4-28-13(3)15(11-25-28)18-7-8-24-19-10-17(27-29(18)19)20(30)26-16-6-5-14(9-12(16)2)31-21(22)23/h5-11,21H,4H2,1-3H3,(H,26,30). The van der Waals surface area contributed by atoms with E-state index in [0.29, 0.717) is 16.9 Å². The Hall–Kier alpha value is -3.82. The van der Waals surface area contributed by atoms with Crippen molar-refractivity contribution in [1.82, 2.24) is 24.4 Å². The van der Waals surface area contributed by atoms with Crippen LogP contribution in [-0.4, -0.2) is 36.9 Å². The molecule has 0 radical (unpaired) electrons. The number of nitrogens with zero attached hydrogens (tertiary/aromatic N) is 5. The molecule has 0 aliphatic rings. The van der Waals surface area contributed by atoms with Crippen molar-refractivity contribution in [1.29, 1.82) is 0 Å². The van der Waals surface area contributed by atoms with Crippen molar-refractivity contribution in [3.05, 3.63) is 59.7 Å². The summed E-state index contributed by atoms with van der Waals surface area (Å²) in [5, 5.41) is 11.5. The van der Waals surface area contributed by atoms with E-state index < -0.39 is 12.5 Å². The quantitative estimate of drug-likeness (QED) is 0.502. The topological polar surface area (TPSA) is 86.3 Å². The number of rotatable bonds is 6. The highest BCUT2D eigenvalue weighted by molar-refractivity contribution is 6.04. The number of hydrogen-bond donors (Lipinski definition) is 1. The lowest BCUT2D eigenvalue weighted by Gasteiger charge is -2.10. The predicted molar refractivity (Wildman–Crippen MR) is 110 cm³/mol. The number of alkyl halides is 2. The van der Waals surface area contributed by atoms with Crippen LogP contribution in [0.4, 0.5) is 14.5 Å². The number of amides is 1. The number of anilines is 1. The summed E-state index contributed by atoms with van der Waals surface area (Å²) < 4.78 is 32.6. The molecule has 0 unspecified atom stereocenters. The van der Waals surface area contributed by atoms with Crippen LogP contribution in [0.15, 0.2) is 42.7 Å². The minimum atomic E-state index is -2.91. The monoisotopic (exact) mass is 426 g/mol. The molecule has 0 spiro atoms. The SMILES string of the molecule is CCn1ncc(-c2ccnc3cc(C(=O)Nc4ccc(OC(F)F)cc4C)nn23)c1C. The fourth-order valence-electron chi connectivity index (χ4n) is 3.37. The third-order valence-corrected chi connectivity index (χ3v) is 4.94. The molecule has 0 aliphatic carbocycles. The summed E-state index contributed by atoms with van der Waals surface area (Å²) in [4.78, 5) is 17.1. The Morgan fingerprint density at radius 2 is 2.03 bits per heavy atom. The minimum absolute atomic E-state index is 0.0232. The summed E-state index contributed by atoms with van der Waals surface area (Å²) >= 11 is 0. The Labute approximate surface area is 176 Å². The highest BCUT2D eigenvalue weighted by Gasteiger charge is 2.17. The molecular formula is C21H20F2N6O2. The van der Waals surface area contributed by atoms with Gasteiger partial charge in [-0.2, -0.15) is 19.0 Å². The summed E-state index contributed by atoms with van der Waals surface area (Å²) in [7, 11) is 0. The summed E-state index contributed by atoms with van der Waals surface area (Å²) in [5.74, 6) is -0.418. The molecule has 31 heavy (non-hydrogen) atoms. The van der Waals surface area contributed by atoms with E-state index in [1.165, 1.54) is 18.2 Å². The zero-order valence-corrected chi connectivity index (χ0v) is 17.1. The van der Waals surface area contributed by atoms with E-state index in [4.69, 9.17) is 0 Å². The molecule has 1 aromatic carbocycles. The van der Waals surface area contributed by atoms with Crippen LogP contribution in [0.2, 0.25) is 0 Å². The number of halogens is 2. The molecule has 10 heteroatoms. The first-order chi connectivity index (χ1) is 14.9. The number of nitrogens with one attached hydrogen (secondary N) is 1. The van der Waals surface area contributed by atoms with Crippen LogP contribution in [0.3, 0.4) is 0 Å². The van der Waals surface area contributed by atoms with Gasteiger partial charge < -0.3 is 10.1 Å². The summed E-state index contributed by atoms with van der Waals surface area (Å²) in [6, 6.07) is 7.71. The van der Waals surface area contributed by atoms with Crippen LogP contribution in [0, 0.1) is 13.8 Å². The van der Waals surface area contributed by atoms with Crippen molar-refractivity contribution >= 4 is 17.2 Å². The zero-order chi connectivity index (χ0) is 22.1. The van der Waals surface area contributed by atoms with E-state index >= 15 is 0 Å². The Morgan fingerprint density at radius 3 is 2.71 bits per heavy atom. The second kappa shape index (κ2) is 8.13. The first kappa shape index (κ1) is 20.5. The molecule has 4 aromatic rings. The Balaban J connectivity index is 1.63. The van der Waals surface area contributed by atoms with Crippen LogP contribution in [0.1, 0.15) is 28.7 Å². The van der Waals surface area contributed by atoms with Gasteiger partial charge in [0.2, 0.25) is 0 Å². The number of carbonyl (C=O) groups excluding carboxylic acids is 1. The number of hydrogen-bond acceptors (Lipinski definition) is 5. The lowest BCUT2D eigenvalue weighted by molar-refractivity contribution is -0.0498. The number of ether oxygens (including phenoxy) is 1. The van der Waals surface area contributed by atoms with Gasteiger partial charge in [-0.1, -0.05) is 0 Å². The van der Waals surface area contributed by atoms with Crippen LogP contribution in [-0.2, 0) is 6.54 Å². The number of carbonyl (C=O) groups is 1. The summed E-state index contributed by atoms with van der Waals surface area (Å²) in [5.41, 5.74) is 4.39. The van der Waals surface area contributed by atoms with Crippen molar-refractivity contribution in [3.63, 3.8) is 0 Å². The number of fused-ring (bicyclic) bond motifs is 1. The van der Waals surface area contributed by atoms with Crippen LogP contribution >= 0.6 is 0 Å². The van der Waals surface area contributed by atoms with Gasteiger partial charge in [-0.05, 0) is 50.6 Å². The van der Waals surface area contributed by atoms with E-state index in [0.717, 1.165) is 23.5 Å². The third kappa shape index (κ3) is 3.96. The van der Waals surface area contributed by atoms with Crippen molar-refractivity contribution in [2.45, 2.75) is 33.9 Å².